The molecule has 0 fully saturated rings. The van der Waals surface area contributed by atoms with Gasteiger partial charge in [0.1, 0.15) is 0 Å². The zero-order chi connectivity index (χ0) is 16.0. The first-order chi connectivity index (χ1) is 8.17. The number of hydrogen-bond donors (Lipinski definition) is 0. The second-order valence-electron chi connectivity index (χ2n) is 6.45. The van der Waals surface area contributed by atoms with Gasteiger partial charge in [0, 0.05) is 0 Å². The molecular weight excluding hydrogens is 351 g/mol. The van der Waals surface area contributed by atoms with Crippen LogP contribution in [0, 0.1) is 0 Å². The molecule has 0 aliphatic rings. The van der Waals surface area contributed by atoms with Crippen LogP contribution in [0.15, 0.2) is 11.1 Å². The summed E-state index contributed by atoms with van der Waals surface area (Å²) in [6, 6.07) is 0. The second kappa shape index (κ2) is 7.92. The predicted molar refractivity (Wildman–Crippen MR) is 73.6 cm³/mol. The van der Waals surface area contributed by atoms with Gasteiger partial charge in [-0.25, -0.2) is 0 Å². The van der Waals surface area contributed by atoms with Gasteiger partial charge in [0.25, 0.3) is 0 Å². The summed E-state index contributed by atoms with van der Waals surface area (Å²) >= 11 is -0.182. The van der Waals surface area contributed by atoms with Crippen LogP contribution in [0.3, 0.4) is 0 Å². The molecule has 0 amide bonds. The van der Waals surface area contributed by atoms with Crippen molar-refractivity contribution in [3.63, 3.8) is 0 Å². The number of carboxylic acids is 2. The van der Waals surface area contributed by atoms with Gasteiger partial charge in [-0.3, -0.25) is 0 Å². The van der Waals surface area contributed by atoms with E-state index in [0.717, 1.165) is 13.8 Å². The molecule has 0 aliphatic heterocycles. The van der Waals surface area contributed by atoms with E-state index in [2.05, 4.69) is 41.5 Å². The fraction of sp³-hybridized carbons (Fsp3) is 0.714. The van der Waals surface area contributed by atoms with E-state index in [1.807, 2.05) is 0 Å². The Kier molecular flexibility index (Phi) is 8.67. The maximum atomic E-state index is 9.99. The SMILES string of the molecule is CC(C(=O)[O-])=C(C)C(=O)[O-].C[C](C)(C)[Sn+2][C](C)(C)C. The first kappa shape index (κ1) is 20.8. The van der Waals surface area contributed by atoms with Crippen molar-refractivity contribution in [3.8, 4) is 0 Å². The van der Waals surface area contributed by atoms with Gasteiger partial charge in [-0.15, -0.1) is 0 Å². The predicted octanol–water partition coefficient (Wildman–Crippen LogP) is 0.950. The summed E-state index contributed by atoms with van der Waals surface area (Å²) in [7, 11) is 0. The summed E-state index contributed by atoms with van der Waals surface area (Å²) in [6.45, 7) is 16.5. The number of rotatable bonds is 2. The van der Waals surface area contributed by atoms with Crippen molar-refractivity contribution < 1.29 is 19.8 Å². The molecule has 0 N–H and O–H groups in total. The first-order valence-electron chi connectivity index (χ1n) is 6.07. The third-order valence-electron chi connectivity index (χ3n) is 1.92. The fourth-order valence-corrected chi connectivity index (χ4v) is 7.85. The summed E-state index contributed by atoms with van der Waals surface area (Å²) < 4.78 is 1.31. The minimum absolute atomic E-state index is 0.182. The van der Waals surface area contributed by atoms with Crippen LogP contribution in [0.1, 0.15) is 55.4 Å². The fourth-order valence-electron chi connectivity index (χ4n) is 1.43. The maximum absolute atomic E-state index is 9.99. The molecule has 0 saturated heterocycles. The molecule has 19 heavy (non-hydrogen) atoms. The van der Waals surface area contributed by atoms with E-state index in [9.17, 15) is 19.8 Å². The van der Waals surface area contributed by atoms with Crippen LogP contribution in [0.2, 0.25) is 6.86 Å². The topological polar surface area (TPSA) is 80.3 Å². The average molecular weight is 375 g/mol. The van der Waals surface area contributed by atoms with Gasteiger partial charge in [-0.2, -0.15) is 0 Å². The molecule has 0 saturated carbocycles. The van der Waals surface area contributed by atoms with Crippen molar-refractivity contribution in [3.05, 3.63) is 11.1 Å². The average Bonchev–Trinajstić information content (AvgIpc) is 2.09. The van der Waals surface area contributed by atoms with Crippen molar-refractivity contribution in [1.82, 2.24) is 0 Å². The van der Waals surface area contributed by atoms with E-state index >= 15 is 0 Å². The Morgan fingerprint density at radius 2 is 0.947 bits per heavy atom. The normalized spacial score (nSPS) is 12.6. The van der Waals surface area contributed by atoms with Crippen molar-refractivity contribution in [2.75, 3.05) is 0 Å². The van der Waals surface area contributed by atoms with Crippen molar-refractivity contribution in [2.45, 2.75) is 62.3 Å². The van der Waals surface area contributed by atoms with Gasteiger partial charge < -0.3 is 19.8 Å². The quantitative estimate of drug-likeness (QED) is 0.532. The molecule has 0 heterocycles. The zero-order valence-electron chi connectivity index (χ0n) is 13.1. The Morgan fingerprint density at radius 1 is 0.737 bits per heavy atom. The summed E-state index contributed by atoms with van der Waals surface area (Å²) in [4.78, 5) is 20.0. The van der Waals surface area contributed by atoms with Crippen LogP contribution < -0.4 is 10.2 Å². The van der Waals surface area contributed by atoms with E-state index in [4.69, 9.17) is 0 Å². The molecule has 0 aliphatic carbocycles. The molecule has 0 bridgehead atoms. The van der Waals surface area contributed by atoms with E-state index in [1.54, 1.807) is 0 Å². The van der Waals surface area contributed by atoms with E-state index in [-0.39, 0.29) is 32.3 Å². The van der Waals surface area contributed by atoms with Crippen molar-refractivity contribution >= 4 is 33.1 Å². The third kappa shape index (κ3) is 13.7. The molecule has 5 heteroatoms. The molecule has 108 valence electrons. The summed E-state index contributed by atoms with van der Waals surface area (Å²) in [5.74, 6) is -2.97. The van der Waals surface area contributed by atoms with Crippen LogP contribution in [-0.4, -0.2) is 33.1 Å². The van der Waals surface area contributed by atoms with E-state index in [1.165, 1.54) is 0 Å². The minimum atomic E-state index is -1.48. The monoisotopic (exact) mass is 376 g/mol. The Morgan fingerprint density at radius 3 is 1.00 bits per heavy atom. The first-order valence-corrected chi connectivity index (χ1v) is 8.92. The summed E-state index contributed by atoms with van der Waals surface area (Å²) in [5, 5.41) is 20.0. The zero-order valence-corrected chi connectivity index (χ0v) is 16.0. The van der Waals surface area contributed by atoms with Crippen LogP contribution in [0.4, 0.5) is 0 Å². The Balaban J connectivity index is 0. The molecule has 0 atom stereocenters. The van der Waals surface area contributed by atoms with Crippen molar-refractivity contribution in [2.24, 2.45) is 0 Å². The van der Waals surface area contributed by atoms with Crippen LogP contribution in [-0.2, 0) is 9.59 Å². The molecule has 0 rings (SSSR count). The molecule has 0 aromatic heterocycles. The number of aliphatic carboxylic acids is 2. The number of carbonyl (C=O) groups excluding carboxylic acids is 2. The number of carbonyl (C=O) groups is 2. The van der Waals surface area contributed by atoms with Gasteiger partial charge in [0.15, 0.2) is 0 Å². The third-order valence-corrected chi connectivity index (χ3v) is 6.21. The van der Waals surface area contributed by atoms with Crippen LogP contribution >= 0.6 is 0 Å². The van der Waals surface area contributed by atoms with E-state index < -0.39 is 11.9 Å². The van der Waals surface area contributed by atoms with Crippen LogP contribution in [0.5, 0.6) is 0 Å². The van der Waals surface area contributed by atoms with Gasteiger partial charge in [-0.05, 0) is 25.0 Å². The van der Waals surface area contributed by atoms with Gasteiger partial charge in [0.05, 0.1) is 11.9 Å². The molecule has 4 nitrogen and oxygen atoms in total. The van der Waals surface area contributed by atoms with E-state index in [0.29, 0.717) is 6.86 Å². The summed E-state index contributed by atoms with van der Waals surface area (Å²) in [6.07, 6.45) is 0. The Hall–Kier alpha value is -0.521. The molecule has 0 spiro atoms. The molecule has 0 aromatic carbocycles. The standard InChI is InChI=1S/C6H8O4.2C4H9.Sn/c1-3(5(7)8)4(2)6(9)10;2*1-4(2)3;/h1-2H3,(H,7,8)(H,9,10);2*1-3H3;/q;;;+2/p-2. The molecule has 0 unspecified atom stereocenters. The van der Waals surface area contributed by atoms with Gasteiger partial charge in [0.2, 0.25) is 0 Å². The second-order valence-corrected chi connectivity index (χ2v) is 15.7. The van der Waals surface area contributed by atoms with Gasteiger partial charge >= 0.3 is 69.5 Å². The molecule has 0 radical (unpaired) electrons. The molecule has 0 aromatic rings. The number of carboxylic acid groups (broad SMARTS) is 2. The number of hydrogen-bond acceptors (Lipinski definition) is 4. The Bertz CT molecular complexity index is 323. The van der Waals surface area contributed by atoms with Crippen LogP contribution in [0.25, 0.3) is 0 Å². The van der Waals surface area contributed by atoms with Gasteiger partial charge in [-0.1, -0.05) is 0 Å². The van der Waals surface area contributed by atoms with Crippen molar-refractivity contribution in [1.29, 1.82) is 0 Å². The Labute approximate surface area is 126 Å². The summed E-state index contributed by atoms with van der Waals surface area (Å²) in [5.41, 5.74) is -0.611. The molecular formula is C14H24O4Sn.